The molecule has 0 fully saturated rings. The number of thiophene rings is 2. The molecular formula is C21H21NO3S2. The normalized spacial score (nSPS) is 25.1. The van der Waals surface area contributed by atoms with E-state index >= 15 is 0 Å². The molecule has 1 N–H and O–H groups in total. The zero-order valence-corrected chi connectivity index (χ0v) is 16.7. The van der Waals surface area contributed by atoms with Crippen molar-refractivity contribution >= 4 is 34.4 Å². The Morgan fingerprint density at radius 3 is 2.85 bits per heavy atom. The fourth-order valence-corrected chi connectivity index (χ4v) is 5.62. The number of esters is 1. The van der Waals surface area contributed by atoms with Crippen LogP contribution in [-0.4, -0.2) is 18.4 Å². The van der Waals surface area contributed by atoms with E-state index in [0.717, 1.165) is 23.3 Å². The van der Waals surface area contributed by atoms with E-state index in [2.05, 4.69) is 18.0 Å². The van der Waals surface area contributed by atoms with Crippen molar-refractivity contribution < 1.29 is 14.3 Å². The molecule has 27 heavy (non-hydrogen) atoms. The predicted octanol–water partition coefficient (Wildman–Crippen LogP) is 4.59. The molecule has 3 heterocycles. The second kappa shape index (κ2) is 7.44. The smallest absolute Gasteiger partial charge is 0.315 e. The lowest BCUT2D eigenvalue weighted by molar-refractivity contribution is -0.147. The van der Waals surface area contributed by atoms with Crippen LogP contribution in [0.15, 0.2) is 57.9 Å². The Balaban J connectivity index is 1.77. The van der Waals surface area contributed by atoms with Crippen LogP contribution in [0.1, 0.15) is 42.0 Å². The van der Waals surface area contributed by atoms with E-state index in [1.807, 2.05) is 28.3 Å². The highest BCUT2D eigenvalue weighted by atomic mass is 32.1. The SMILES string of the molecule is C=C1NC2=C(C(=O)CC(c3cccs3)C2)C(c2ccsc2)C1C(=O)OCC. The minimum Gasteiger partial charge on any atom is -0.465 e. The Morgan fingerprint density at radius 1 is 1.33 bits per heavy atom. The van der Waals surface area contributed by atoms with Crippen LogP contribution in [0, 0.1) is 5.92 Å². The molecule has 1 aliphatic heterocycles. The first-order valence-electron chi connectivity index (χ1n) is 9.04. The molecule has 0 radical (unpaired) electrons. The first-order chi connectivity index (χ1) is 13.1. The van der Waals surface area contributed by atoms with Crippen LogP contribution in [0.25, 0.3) is 0 Å². The summed E-state index contributed by atoms with van der Waals surface area (Å²) in [6.45, 7) is 6.21. The number of hydrogen-bond acceptors (Lipinski definition) is 6. The summed E-state index contributed by atoms with van der Waals surface area (Å²) in [7, 11) is 0. The van der Waals surface area contributed by atoms with Crippen LogP contribution in [-0.2, 0) is 14.3 Å². The van der Waals surface area contributed by atoms with Gasteiger partial charge < -0.3 is 10.1 Å². The maximum absolute atomic E-state index is 13.2. The highest BCUT2D eigenvalue weighted by Gasteiger charge is 2.45. The molecular weight excluding hydrogens is 378 g/mol. The van der Waals surface area contributed by atoms with Gasteiger partial charge in [0.25, 0.3) is 0 Å². The third-order valence-electron chi connectivity index (χ3n) is 5.23. The van der Waals surface area contributed by atoms with Gasteiger partial charge in [0.2, 0.25) is 0 Å². The van der Waals surface area contributed by atoms with E-state index in [9.17, 15) is 9.59 Å². The zero-order chi connectivity index (χ0) is 19.0. The van der Waals surface area contributed by atoms with Crippen molar-refractivity contribution in [1.29, 1.82) is 0 Å². The Bertz CT molecular complexity index is 896. The number of Topliss-reactive ketones (excluding diaryl/α,β-unsaturated/α-hetero) is 1. The van der Waals surface area contributed by atoms with Crippen LogP contribution in [0.4, 0.5) is 0 Å². The predicted molar refractivity (Wildman–Crippen MR) is 108 cm³/mol. The second-order valence-electron chi connectivity index (χ2n) is 6.85. The average Bonchev–Trinajstić information content (AvgIpc) is 3.34. The Kier molecular flexibility index (Phi) is 5.02. The summed E-state index contributed by atoms with van der Waals surface area (Å²) in [6, 6.07) is 6.10. The third-order valence-corrected chi connectivity index (χ3v) is 6.96. The molecule has 4 rings (SSSR count). The van der Waals surface area contributed by atoms with E-state index in [0.29, 0.717) is 18.7 Å². The molecule has 0 spiro atoms. The fourth-order valence-electron chi connectivity index (χ4n) is 4.10. The molecule has 2 aromatic rings. The van der Waals surface area contributed by atoms with Crippen LogP contribution >= 0.6 is 22.7 Å². The molecule has 6 heteroatoms. The van der Waals surface area contributed by atoms with E-state index in [-0.39, 0.29) is 23.6 Å². The van der Waals surface area contributed by atoms with Crippen molar-refractivity contribution in [2.75, 3.05) is 6.61 Å². The number of rotatable bonds is 4. The molecule has 0 aromatic carbocycles. The number of carbonyl (C=O) groups is 2. The van der Waals surface area contributed by atoms with Gasteiger partial charge in [-0.2, -0.15) is 11.3 Å². The van der Waals surface area contributed by atoms with Crippen molar-refractivity contribution in [3.63, 3.8) is 0 Å². The molecule has 0 saturated carbocycles. The molecule has 4 nitrogen and oxygen atoms in total. The largest absolute Gasteiger partial charge is 0.465 e. The zero-order valence-electron chi connectivity index (χ0n) is 15.1. The molecule has 2 aromatic heterocycles. The van der Waals surface area contributed by atoms with E-state index in [1.165, 1.54) is 4.88 Å². The molecule has 0 saturated heterocycles. The summed E-state index contributed by atoms with van der Waals surface area (Å²) in [5.41, 5.74) is 3.23. The van der Waals surface area contributed by atoms with Gasteiger partial charge in [-0.25, -0.2) is 0 Å². The van der Waals surface area contributed by atoms with Gasteiger partial charge in [-0.15, -0.1) is 11.3 Å². The van der Waals surface area contributed by atoms with Gasteiger partial charge >= 0.3 is 5.97 Å². The summed E-state index contributed by atoms with van der Waals surface area (Å²) in [5, 5.41) is 9.33. The van der Waals surface area contributed by atoms with Gasteiger partial charge in [-0.3, -0.25) is 9.59 Å². The van der Waals surface area contributed by atoms with Crippen molar-refractivity contribution in [1.82, 2.24) is 5.32 Å². The monoisotopic (exact) mass is 399 g/mol. The second-order valence-corrected chi connectivity index (χ2v) is 8.61. The minimum atomic E-state index is -0.583. The molecule has 0 bridgehead atoms. The topological polar surface area (TPSA) is 55.4 Å². The molecule has 3 unspecified atom stereocenters. The van der Waals surface area contributed by atoms with Gasteiger partial charge in [0.15, 0.2) is 5.78 Å². The number of nitrogens with one attached hydrogen (secondary N) is 1. The summed E-state index contributed by atoms with van der Waals surface area (Å²) in [4.78, 5) is 27.1. The number of ketones is 1. The van der Waals surface area contributed by atoms with Crippen molar-refractivity contribution in [2.45, 2.75) is 31.6 Å². The Hall–Kier alpha value is -2.18. The number of allylic oxidation sites excluding steroid dienone is 2. The minimum absolute atomic E-state index is 0.111. The van der Waals surface area contributed by atoms with Gasteiger partial charge in [0.05, 0.1) is 6.61 Å². The number of hydrogen-bond donors (Lipinski definition) is 1. The Labute approximate surface area is 166 Å². The van der Waals surface area contributed by atoms with Crippen LogP contribution in [0.3, 0.4) is 0 Å². The van der Waals surface area contributed by atoms with Crippen molar-refractivity contribution in [3.8, 4) is 0 Å². The lowest BCUT2D eigenvalue weighted by Crippen LogP contribution is -2.42. The van der Waals surface area contributed by atoms with Crippen LogP contribution < -0.4 is 5.32 Å². The molecule has 3 atom stereocenters. The first kappa shape index (κ1) is 18.2. The average molecular weight is 400 g/mol. The molecule has 2 aliphatic rings. The summed E-state index contributed by atoms with van der Waals surface area (Å²) >= 11 is 3.25. The number of carbonyl (C=O) groups excluding carboxylic acids is 2. The highest BCUT2D eigenvalue weighted by Crippen LogP contribution is 2.47. The highest BCUT2D eigenvalue weighted by molar-refractivity contribution is 7.10. The van der Waals surface area contributed by atoms with Gasteiger partial charge in [0, 0.05) is 40.1 Å². The lowest BCUT2D eigenvalue weighted by atomic mass is 9.70. The first-order valence-corrected chi connectivity index (χ1v) is 10.9. The fraction of sp³-hybridized carbons (Fsp3) is 0.333. The van der Waals surface area contributed by atoms with Gasteiger partial charge in [0.1, 0.15) is 5.92 Å². The van der Waals surface area contributed by atoms with Crippen LogP contribution in [0.2, 0.25) is 0 Å². The summed E-state index contributed by atoms with van der Waals surface area (Å²) < 4.78 is 5.31. The Morgan fingerprint density at radius 2 is 2.19 bits per heavy atom. The van der Waals surface area contributed by atoms with Crippen LogP contribution in [0.5, 0.6) is 0 Å². The van der Waals surface area contributed by atoms with Crippen molar-refractivity contribution in [2.24, 2.45) is 5.92 Å². The molecule has 0 amide bonds. The quantitative estimate of drug-likeness (QED) is 0.764. The maximum atomic E-state index is 13.2. The lowest BCUT2D eigenvalue weighted by Gasteiger charge is -2.39. The van der Waals surface area contributed by atoms with Gasteiger partial charge in [-0.1, -0.05) is 12.6 Å². The molecule has 140 valence electrons. The third kappa shape index (κ3) is 3.28. The number of ether oxygens (including phenoxy) is 1. The summed E-state index contributed by atoms with van der Waals surface area (Å²) in [5.74, 6) is -0.943. The van der Waals surface area contributed by atoms with Gasteiger partial charge in [-0.05, 0) is 47.2 Å². The van der Waals surface area contributed by atoms with E-state index < -0.39 is 5.92 Å². The maximum Gasteiger partial charge on any atom is 0.315 e. The summed E-state index contributed by atoms with van der Waals surface area (Å²) in [6.07, 6.45) is 1.24. The standard InChI is InChI=1S/C21H21NO3S2/c1-3-25-21(24)18-12(2)22-15-9-14(17-5-4-7-27-17)10-16(23)20(15)19(18)13-6-8-26-11-13/h4-8,11,14,18-19,22H,2-3,9-10H2,1H3. The van der Waals surface area contributed by atoms with E-state index in [4.69, 9.17) is 4.74 Å². The van der Waals surface area contributed by atoms with E-state index in [1.54, 1.807) is 29.6 Å². The van der Waals surface area contributed by atoms with Crippen molar-refractivity contribution in [3.05, 3.63) is 68.3 Å². The molecule has 1 aliphatic carbocycles.